The highest BCUT2D eigenvalue weighted by Gasteiger charge is 2.52. The van der Waals surface area contributed by atoms with E-state index in [9.17, 15) is 24.0 Å². The number of nitrogens with one attached hydrogen (secondary N) is 2. The average molecular weight is 542 g/mol. The molecule has 1 fully saturated rings. The zero-order chi connectivity index (χ0) is 28.1. The van der Waals surface area contributed by atoms with Crippen molar-refractivity contribution in [2.24, 2.45) is 5.41 Å². The highest BCUT2D eigenvalue weighted by molar-refractivity contribution is 6.30. The van der Waals surface area contributed by atoms with E-state index >= 15 is 0 Å². The topological polar surface area (TPSA) is 106 Å². The van der Waals surface area contributed by atoms with Crippen molar-refractivity contribution in [1.82, 2.24) is 20.7 Å². The first-order valence-corrected chi connectivity index (χ1v) is 12.8. The van der Waals surface area contributed by atoms with Crippen LogP contribution < -0.4 is 10.6 Å². The number of alkyl halides is 1. The van der Waals surface area contributed by atoms with Crippen molar-refractivity contribution in [3.05, 3.63) is 70.7 Å². The van der Waals surface area contributed by atoms with Crippen molar-refractivity contribution < 1.29 is 18.8 Å². The smallest absolute Gasteiger partial charge is 0.264 e. The molecule has 10 heteroatoms. The zero-order valence-corrected chi connectivity index (χ0v) is 22.8. The van der Waals surface area contributed by atoms with E-state index in [1.807, 2.05) is 36.5 Å². The molecule has 2 aromatic rings. The largest absolute Gasteiger partial charge is 0.342 e. The first-order valence-electron chi connectivity index (χ1n) is 12.4. The van der Waals surface area contributed by atoms with E-state index in [4.69, 9.17) is 11.6 Å². The van der Waals surface area contributed by atoms with Gasteiger partial charge in [-0.2, -0.15) is 5.26 Å². The molecule has 0 aromatic heterocycles. The molecule has 0 bridgehead atoms. The Hall–Kier alpha value is -3.64. The molecule has 1 aliphatic carbocycles. The SMILES string of the molecule is CN(C(=O)[C@H](Cc1ccccc1)NC(=O)[C@@H](NC(=O)C1(F)CC1)C(C)(C)C)N(C#N)Cc1ccc(Cl)cc1. The lowest BCUT2D eigenvalue weighted by molar-refractivity contribution is -0.146. The second kappa shape index (κ2) is 11.8. The Kier molecular flexibility index (Phi) is 9.00. The molecule has 1 saturated carbocycles. The van der Waals surface area contributed by atoms with Gasteiger partial charge in [-0.05, 0) is 41.5 Å². The van der Waals surface area contributed by atoms with Crippen LogP contribution in [0, 0.1) is 16.9 Å². The molecule has 0 heterocycles. The van der Waals surface area contributed by atoms with Crippen LogP contribution in [0.25, 0.3) is 0 Å². The Labute approximate surface area is 227 Å². The van der Waals surface area contributed by atoms with E-state index in [1.54, 1.807) is 45.0 Å². The predicted molar refractivity (Wildman–Crippen MR) is 142 cm³/mol. The maximum absolute atomic E-state index is 14.4. The van der Waals surface area contributed by atoms with Crippen molar-refractivity contribution >= 4 is 29.3 Å². The highest BCUT2D eigenvalue weighted by Crippen LogP contribution is 2.40. The van der Waals surface area contributed by atoms with Crippen LogP contribution in [-0.4, -0.2) is 52.5 Å². The number of nitrogens with zero attached hydrogens (tertiary/aromatic N) is 3. The van der Waals surface area contributed by atoms with Gasteiger partial charge in [-0.25, -0.2) is 14.4 Å². The second-order valence-corrected chi connectivity index (χ2v) is 11.1. The van der Waals surface area contributed by atoms with Gasteiger partial charge in [0.15, 0.2) is 11.9 Å². The molecule has 0 spiro atoms. The van der Waals surface area contributed by atoms with Crippen molar-refractivity contribution in [2.45, 2.75) is 64.3 Å². The third kappa shape index (κ3) is 7.45. The van der Waals surface area contributed by atoms with Crippen LogP contribution >= 0.6 is 11.6 Å². The molecule has 0 saturated heterocycles. The summed E-state index contributed by atoms with van der Waals surface area (Å²) >= 11 is 5.95. The third-order valence-electron chi connectivity index (χ3n) is 6.44. The van der Waals surface area contributed by atoms with Gasteiger partial charge in [0.1, 0.15) is 12.1 Å². The number of rotatable bonds is 10. The number of carbonyl (C=O) groups excluding carboxylic acids is 3. The fourth-order valence-corrected chi connectivity index (χ4v) is 4.02. The van der Waals surface area contributed by atoms with Gasteiger partial charge in [-0.1, -0.05) is 74.8 Å². The lowest BCUT2D eigenvalue weighted by Gasteiger charge is -2.34. The highest BCUT2D eigenvalue weighted by atomic mass is 35.5. The molecule has 0 unspecified atom stereocenters. The molecule has 202 valence electrons. The number of hydrazine groups is 1. The molecule has 2 N–H and O–H groups in total. The molecule has 1 aliphatic rings. The molecule has 2 atom stereocenters. The molecule has 3 rings (SSSR count). The van der Waals surface area contributed by atoms with Crippen LogP contribution in [0.2, 0.25) is 5.02 Å². The Bertz CT molecular complexity index is 1190. The molecule has 3 amide bonds. The Morgan fingerprint density at radius 1 is 1.05 bits per heavy atom. The van der Waals surface area contributed by atoms with Crippen LogP contribution in [0.5, 0.6) is 0 Å². The number of hydrogen-bond donors (Lipinski definition) is 2. The van der Waals surface area contributed by atoms with Crippen molar-refractivity contribution in [3.63, 3.8) is 0 Å². The first kappa shape index (κ1) is 28.9. The minimum absolute atomic E-state index is 0.112. The molecule has 2 aromatic carbocycles. The molecular formula is C28H33ClFN5O3. The van der Waals surface area contributed by atoms with Gasteiger partial charge < -0.3 is 10.6 Å². The normalized spacial score (nSPS) is 15.4. The van der Waals surface area contributed by atoms with Crippen LogP contribution in [0.4, 0.5) is 4.39 Å². The third-order valence-corrected chi connectivity index (χ3v) is 6.69. The summed E-state index contributed by atoms with van der Waals surface area (Å²) in [6, 6.07) is 13.9. The van der Waals surface area contributed by atoms with Gasteiger partial charge in [-0.3, -0.25) is 14.4 Å². The van der Waals surface area contributed by atoms with E-state index in [0.717, 1.165) is 16.1 Å². The zero-order valence-electron chi connectivity index (χ0n) is 22.0. The van der Waals surface area contributed by atoms with E-state index in [-0.39, 0.29) is 25.8 Å². The van der Waals surface area contributed by atoms with Crippen LogP contribution in [-0.2, 0) is 27.3 Å². The number of benzene rings is 2. The van der Waals surface area contributed by atoms with E-state index in [2.05, 4.69) is 10.6 Å². The fourth-order valence-electron chi connectivity index (χ4n) is 3.89. The maximum atomic E-state index is 14.4. The Balaban J connectivity index is 1.82. The minimum Gasteiger partial charge on any atom is -0.342 e. The van der Waals surface area contributed by atoms with Gasteiger partial charge in [0, 0.05) is 18.5 Å². The van der Waals surface area contributed by atoms with E-state index in [0.29, 0.717) is 5.02 Å². The number of carbonyl (C=O) groups is 3. The fraction of sp³-hybridized carbons (Fsp3) is 0.429. The minimum atomic E-state index is -1.95. The summed E-state index contributed by atoms with van der Waals surface area (Å²) in [7, 11) is 1.45. The molecule has 0 radical (unpaired) electrons. The van der Waals surface area contributed by atoms with Crippen LogP contribution in [0.15, 0.2) is 54.6 Å². The number of halogens is 2. The summed E-state index contributed by atoms with van der Waals surface area (Å²) in [6.45, 7) is 5.36. The quantitative estimate of drug-likeness (QED) is 0.271. The summed E-state index contributed by atoms with van der Waals surface area (Å²) in [6.07, 6.45) is 2.40. The number of hydrogen-bond acceptors (Lipinski definition) is 5. The summed E-state index contributed by atoms with van der Waals surface area (Å²) in [5.74, 6) is -1.96. The van der Waals surface area contributed by atoms with Crippen molar-refractivity contribution in [3.8, 4) is 6.19 Å². The van der Waals surface area contributed by atoms with Crippen molar-refractivity contribution in [2.75, 3.05) is 7.05 Å². The Morgan fingerprint density at radius 3 is 2.18 bits per heavy atom. The van der Waals surface area contributed by atoms with Gasteiger partial charge >= 0.3 is 0 Å². The monoisotopic (exact) mass is 541 g/mol. The average Bonchev–Trinajstić information content (AvgIpc) is 3.63. The van der Waals surface area contributed by atoms with Crippen molar-refractivity contribution in [1.29, 1.82) is 5.26 Å². The van der Waals surface area contributed by atoms with Gasteiger partial charge in [0.2, 0.25) is 5.91 Å². The molecule has 0 aliphatic heterocycles. The van der Waals surface area contributed by atoms with Crippen LogP contribution in [0.1, 0.15) is 44.7 Å². The first-order chi connectivity index (χ1) is 17.8. The number of likely N-dealkylation sites (N-methyl/N-ethyl adjacent to an activating group) is 1. The second-order valence-electron chi connectivity index (χ2n) is 10.6. The summed E-state index contributed by atoms with van der Waals surface area (Å²) in [5, 5.41) is 18.0. The number of nitriles is 1. The van der Waals surface area contributed by atoms with E-state index in [1.165, 1.54) is 12.1 Å². The lowest BCUT2D eigenvalue weighted by atomic mass is 9.85. The van der Waals surface area contributed by atoms with Crippen LogP contribution in [0.3, 0.4) is 0 Å². The van der Waals surface area contributed by atoms with Gasteiger partial charge in [0.25, 0.3) is 11.8 Å². The number of amides is 3. The lowest BCUT2D eigenvalue weighted by Crippen LogP contribution is -2.60. The predicted octanol–water partition coefficient (Wildman–Crippen LogP) is 3.76. The summed E-state index contributed by atoms with van der Waals surface area (Å²) in [4.78, 5) is 39.5. The molecule has 38 heavy (non-hydrogen) atoms. The molecule has 8 nitrogen and oxygen atoms in total. The summed E-state index contributed by atoms with van der Waals surface area (Å²) in [5.41, 5.74) is -1.16. The standard InChI is InChI=1S/C28H33ClFN5O3/c1-27(2,3)23(33-26(38)28(30)14-15-28)24(36)32-22(16-19-8-6-5-7-9-19)25(37)34(4)35(18-31)17-20-10-12-21(29)13-11-20/h5-13,22-23H,14-17H2,1-4H3,(H,32,36)(H,33,38)/t22-,23+/m0/s1. The maximum Gasteiger partial charge on any atom is 0.264 e. The summed E-state index contributed by atoms with van der Waals surface area (Å²) < 4.78 is 14.4. The van der Waals surface area contributed by atoms with E-state index < -0.39 is 40.9 Å². The van der Waals surface area contributed by atoms with Gasteiger partial charge in [-0.15, -0.1) is 0 Å². The van der Waals surface area contributed by atoms with Gasteiger partial charge in [0.05, 0.1) is 6.54 Å². The molecular weight excluding hydrogens is 509 g/mol. The Morgan fingerprint density at radius 2 is 1.66 bits per heavy atom.